The molecule has 1 rings (SSSR count). The fourth-order valence-electron chi connectivity index (χ4n) is 1.27. The van der Waals surface area contributed by atoms with Gasteiger partial charge in [0.15, 0.2) is 5.78 Å². The molecule has 0 fully saturated rings. The fraction of sp³-hybridized carbons (Fsp3) is 0.364. The van der Waals surface area contributed by atoms with Crippen LogP contribution in [0.25, 0.3) is 0 Å². The summed E-state index contributed by atoms with van der Waals surface area (Å²) in [5.74, 6) is -0.168. The van der Waals surface area contributed by atoms with Crippen molar-refractivity contribution in [2.45, 2.75) is 24.6 Å². The molecule has 0 amide bonds. The Kier molecular flexibility index (Phi) is 4.61. The maximum Gasteiger partial charge on any atom is 0.180 e. The normalized spacial score (nSPS) is 12.5. The second kappa shape index (κ2) is 5.52. The van der Waals surface area contributed by atoms with Gasteiger partial charge in [0.25, 0.3) is 0 Å². The van der Waals surface area contributed by atoms with Crippen LogP contribution in [0.4, 0.5) is 0 Å². The second-order valence-electron chi connectivity index (χ2n) is 3.28. The molecule has 0 spiro atoms. The van der Waals surface area contributed by atoms with E-state index in [1.165, 1.54) is 6.07 Å². The Morgan fingerprint density at radius 3 is 2.80 bits per heavy atom. The van der Waals surface area contributed by atoms with Gasteiger partial charge in [0.05, 0.1) is 10.4 Å². The smallest absolute Gasteiger partial charge is 0.180 e. The Labute approximate surface area is 102 Å². The minimum Gasteiger partial charge on any atom is -0.507 e. The lowest BCUT2D eigenvalue weighted by atomic mass is 10.0. The number of carbonyl (C=O) groups excluding carboxylic acids is 1. The molecule has 0 saturated carbocycles. The molecule has 15 heavy (non-hydrogen) atoms. The average Bonchev–Trinajstić information content (AvgIpc) is 2.17. The van der Waals surface area contributed by atoms with Crippen LogP contribution >= 0.6 is 27.5 Å². The number of Topliss-reactive ketones (excluding diaryl/α,β-unsaturated/α-hetero) is 1. The van der Waals surface area contributed by atoms with Crippen LogP contribution in [0.3, 0.4) is 0 Å². The first-order chi connectivity index (χ1) is 7.06. The summed E-state index contributed by atoms with van der Waals surface area (Å²) >= 11 is 8.98. The Hall–Kier alpha value is -0.540. The zero-order valence-electron chi connectivity index (χ0n) is 8.34. The van der Waals surface area contributed by atoms with E-state index in [2.05, 4.69) is 15.9 Å². The summed E-state index contributed by atoms with van der Waals surface area (Å²) in [5.41, 5.74) is 0.315. The van der Waals surface area contributed by atoms with Gasteiger partial charge in [-0.2, -0.15) is 0 Å². The number of alkyl halides is 1. The molecule has 0 radical (unpaired) electrons. The maximum atomic E-state index is 11.8. The van der Waals surface area contributed by atoms with Crippen LogP contribution in [0.2, 0.25) is 5.02 Å². The molecule has 1 unspecified atom stereocenters. The predicted octanol–water partition coefficient (Wildman–Crippen LogP) is 3.79. The van der Waals surface area contributed by atoms with E-state index in [1.807, 2.05) is 6.92 Å². The van der Waals surface area contributed by atoms with Crippen molar-refractivity contribution in [1.82, 2.24) is 0 Å². The van der Waals surface area contributed by atoms with E-state index in [9.17, 15) is 9.90 Å². The third-order valence-electron chi connectivity index (χ3n) is 2.05. The number of phenolic OH excluding ortho intramolecular Hbond substituents is 1. The molecule has 1 atom stereocenters. The van der Waals surface area contributed by atoms with Crippen LogP contribution in [0.15, 0.2) is 18.2 Å². The van der Waals surface area contributed by atoms with Gasteiger partial charge in [-0.3, -0.25) is 4.79 Å². The monoisotopic (exact) mass is 290 g/mol. The lowest BCUT2D eigenvalue weighted by Crippen LogP contribution is -2.13. The number of rotatable bonds is 4. The van der Waals surface area contributed by atoms with E-state index >= 15 is 0 Å². The summed E-state index contributed by atoms with van der Waals surface area (Å²) in [6.45, 7) is 2.00. The van der Waals surface area contributed by atoms with Gasteiger partial charge in [-0.15, -0.1) is 0 Å². The summed E-state index contributed by atoms with van der Waals surface area (Å²) in [6.07, 6.45) is 1.66. The Balaban J connectivity index is 2.91. The second-order valence-corrected chi connectivity index (χ2v) is 4.82. The number of halogens is 2. The van der Waals surface area contributed by atoms with E-state index in [0.717, 1.165) is 12.8 Å². The van der Waals surface area contributed by atoms with Crippen molar-refractivity contribution in [3.63, 3.8) is 0 Å². The number of aromatic hydroxyl groups is 1. The van der Waals surface area contributed by atoms with Crippen molar-refractivity contribution in [2.75, 3.05) is 0 Å². The minimum atomic E-state index is -0.241. The van der Waals surface area contributed by atoms with Gasteiger partial charge in [0, 0.05) is 5.02 Å². The number of hydrogen-bond donors (Lipinski definition) is 1. The largest absolute Gasteiger partial charge is 0.507 e. The topological polar surface area (TPSA) is 37.3 Å². The highest BCUT2D eigenvalue weighted by atomic mass is 79.9. The van der Waals surface area contributed by atoms with Crippen molar-refractivity contribution in [2.24, 2.45) is 0 Å². The summed E-state index contributed by atoms with van der Waals surface area (Å²) in [5, 5.41) is 9.97. The van der Waals surface area contributed by atoms with Gasteiger partial charge in [-0.05, 0) is 24.6 Å². The molecule has 0 aliphatic heterocycles. The van der Waals surface area contributed by atoms with Crippen LogP contribution in [-0.2, 0) is 0 Å². The zero-order valence-corrected chi connectivity index (χ0v) is 10.7. The zero-order chi connectivity index (χ0) is 11.4. The maximum absolute atomic E-state index is 11.8. The van der Waals surface area contributed by atoms with Crippen LogP contribution < -0.4 is 0 Å². The van der Waals surface area contributed by atoms with Crippen LogP contribution in [0.1, 0.15) is 30.1 Å². The Bertz CT molecular complexity index is 366. The van der Waals surface area contributed by atoms with Gasteiger partial charge >= 0.3 is 0 Å². The SMILES string of the molecule is CCCC(Br)C(=O)c1ccc(Cl)cc1O. The highest BCUT2D eigenvalue weighted by molar-refractivity contribution is 9.10. The third kappa shape index (κ3) is 3.21. The Morgan fingerprint density at radius 1 is 1.60 bits per heavy atom. The number of carbonyl (C=O) groups is 1. The van der Waals surface area contributed by atoms with Crippen molar-refractivity contribution in [3.05, 3.63) is 28.8 Å². The van der Waals surface area contributed by atoms with E-state index < -0.39 is 0 Å². The molecule has 0 bridgehead atoms. The van der Waals surface area contributed by atoms with Crippen molar-refractivity contribution in [1.29, 1.82) is 0 Å². The van der Waals surface area contributed by atoms with Crippen LogP contribution in [0, 0.1) is 0 Å². The van der Waals surface area contributed by atoms with E-state index in [-0.39, 0.29) is 16.4 Å². The summed E-state index contributed by atoms with van der Waals surface area (Å²) in [4.78, 5) is 11.6. The summed E-state index contributed by atoms with van der Waals surface area (Å²) < 4.78 is 0. The fourth-order valence-corrected chi connectivity index (χ4v) is 2.14. The van der Waals surface area contributed by atoms with Gasteiger partial charge in [-0.25, -0.2) is 0 Å². The minimum absolute atomic E-state index is 0.0620. The molecule has 1 aromatic carbocycles. The number of ketones is 1. The predicted molar refractivity (Wildman–Crippen MR) is 65.1 cm³/mol. The van der Waals surface area contributed by atoms with Crippen LogP contribution in [0.5, 0.6) is 5.75 Å². The first kappa shape index (κ1) is 12.5. The molecule has 0 aromatic heterocycles. The van der Waals surface area contributed by atoms with Crippen molar-refractivity contribution in [3.8, 4) is 5.75 Å². The van der Waals surface area contributed by atoms with Gasteiger partial charge in [-0.1, -0.05) is 40.9 Å². The van der Waals surface area contributed by atoms with Gasteiger partial charge < -0.3 is 5.11 Å². The van der Waals surface area contributed by atoms with E-state index in [4.69, 9.17) is 11.6 Å². The number of phenols is 1. The highest BCUT2D eigenvalue weighted by Crippen LogP contribution is 2.25. The lowest BCUT2D eigenvalue weighted by molar-refractivity contribution is 0.0986. The molecule has 0 heterocycles. The molecule has 2 nitrogen and oxygen atoms in total. The van der Waals surface area contributed by atoms with E-state index in [0.29, 0.717) is 10.6 Å². The third-order valence-corrected chi connectivity index (χ3v) is 3.16. The molecular weight excluding hydrogens is 279 g/mol. The quantitative estimate of drug-likeness (QED) is 0.677. The molecule has 4 heteroatoms. The van der Waals surface area contributed by atoms with Crippen LogP contribution in [-0.4, -0.2) is 15.7 Å². The molecule has 0 aliphatic rings. The molecule has 0 saturated heterocycles. The van der Waals surface area contributed by atoms with Gasteiger partial charge in [0.1, 0.15) is 5.75 Å². The molecule has 1 aromatic rings. The first-order valence-electron chi connectivity index (χ1n) is 4.73. The lowest BCUT2D eigenvalue weighted by Gasteiger charge is -2.08. The molecule has 0 aliphatic carbocycles. The number of hydrogen-bond acceptors (Lipinski definition) is 2. The standard InChI is InChI=1S/C11H12BrClO2/c1-2-3-9(12)11(15)8-5-4-7(13)6-10(8)14/h4-6,9,14H,2-3H2,1H3. The van der Waals surface area contributed by atoms with Crippen molar-refractivity contribution < 1.29 is 9.90 Å². The van der Waals surface area contributed by atoms with E-state index in [1.54, 1.807) is 12.1 Å². The van der Waals surface area contributed by atoms with Gasteiger partial charge in [0.2, 0.25) is 0 Å². The summed E-state index contributed by atoms with van der Waals surface area (Å²) in [6, 6.07) is 4.52. The molecule has 1 N–H and O–H groups in total. The Morgan fingerprint density at radius 2 is 2.27 bits per heavy atom. The number of benzene rings is 1. The molecular formula is C11H12BrClO2. The van der Waals surface area contributed by atoms with Crippen molar-refractivity contribution >= 4 is 33.3 Å². The summed E-state index contributed by atoms with van der Waals surface area (Å²) in [7, 11) is 0. The highest BCUT2D eigenvalue weighted by Gasteiger charge is 2.19. The average molecular weight is 292 g/mol. The first-order valence-corrected chi connectivity index (χ1v) is 6.02. The molecule has 82 valence electrons.